The van der Waals surface area contributed by atoms with E-state index in [1.807, 2.05) is 19.9 Å². The number of nitrogens with two attached hydrogens (primary N) is 1. The average Bonchev–Trinajstić information content (AvgIpc) is 2.87. The molecule has 4 rings (SSSR count). The highest BCUT2D eigenvalue weighted by atomic mass is 32.2. The molecule has 3 aromatic heterocycles. The second-order valence-electron chi connectivity index (χ2n) is 6.42. The summed E-state index contributed by atoms with van der Waals surface area (Å²) in [5, 5.41) is 15.9. The molecule has 8 nitrogen and oxygen atoms in total. The molecule has 0 atom stereocenters. The first-order valence-corrected chi connectivity index (χ1v) is 9.46. The lowest BCUT2D eigenvalue weighted by Crippen LogP contribution is -2.09. The molecular weight excluding hydrogens is 364 g/mol. The quantitative estimate of drug-likeness (QED) is 0.657. The third-order valence-electron chi connectivity index (χ3n) is 4.59. The van der Waals surface area contributed by atoms with Gasteiger partial charge in [0.1, 0.15) is 10.8 Å². The summed E-state index contributed by atoms with van der Waals surface area (Å²) in [6, 6.07) is 0. The van der Waals surface area contributed by atoms with Crippen LogP contribution in [-0.2, 0) is 6.54 Å². The van der Waals surface area contributed by atoms with Gasteiger partial charge in [-0.05, 0) is 25.5 Å². The van der Waals surface area contributed by atoms with E-state index in [0.29, 0.717) is 17.9 Å². The Balaban J connectivity index is 1.87. The van der Waals surface area contributed by atoms with Crippen molar-refractivity contribution in [3.8, 4) is 5.75 Å². The molecule has 4 heterocycles. The number of pyridine rings is 1. The molecule has 0 saturated carbocycles. The minimum absolute atomic E-state index is 0.0198. The van der Waals surface area contributed by atoms with Gasteiger partial charge in [0.2, 0.25) is 5.95 Å². The number of ether oxygens (including phenoxy) is 1. The van der Waals surface area contributed by atoms with Crippen molar-refractivity contribution in [3.63, 3.8) is 0 Å². The van der Waals surface area contributed by atoms with E-state index in [4.69, 9.17) is 15.6 Å². The lowest BCUT2D eigenvalue weighted by atomic mass is 10.1. The number of aliphatic hydroxyl groups excluding tert-OH is 1. The zero-order valence-corrected chi connectivity index (χ0v) is 16.2. The van der Waals surface area contributed by atoms with Gasteiger partial charge in [0, 0.05) is 23.1 Å². The number of thioether (sulfide) groups is 1. The van der Waals surface area contributed by atoms with Gasteiger partial charge < -0.3 is 15.6 Å². The van der Waals surface area contributed by atoms with Crippen LogP contribution in [0.3, 0.4) is 0 Å². The van der Waals surface area contributed by atoms with Crippen LogP contribution in [0.15, 0.2) is 16.8 Å². The maximum absolute atomic E-state index is 9.57. The first-order chi connectivity index (χ1) is 13.0. The average molecular weight is 384 g/mol. The largest absolute Gasteiger partial charge is 0.496 e. The summed E-state index contributed by atoms with van der Waals surface area (Å²) in [5.74, 6) is 1.68. The Labute approximate surface area is 160 Å². The first kappa shape index (κ1) is 17.7. The summed E-state index contributed by atoms with van der Waals surface area (Å²) >= 11 is 1.53. The van der Waals surface area contributed by atoms with Crippen LogP contribution in [0.5, 0.6) is 5.75 Å². The van der Waals surface area contributed by atoms with Gasteiger partial charge in [0.15, 0.2) is 5.65 Å². The SMILES string of the molecule is COc1c(C)cnc(Cn2nc3c4c(nc(N)nc42)SCC(CO)=C3)c1C. The number of nitrogens with zero attached hydrogens (tertiary/aromatic N) is 5. The minimum atomic E-state index is -0.0198. The maximum atomic E-state index is 9.57. The molecule has 0 saturated heterocycles. The van der Waals surface area contributed by atoms with Crippen LogP contribution in [0, 0.1) is 13.8 Å². The summed E-state index contributed by atoms with van der Waals surface area (Å²) in [6.07, 6.45) is 3.70. The van der Waals surface area contributed by atoms with Gasteiger partial charge in [-0.1, -0.05) is 0 Å². The Hall–Kier alpha value is -2.65. The van der Waals surface area contributed by atoms with Crippen molar-refractivity contribution in [2.75, 3.05) is 25.2 Å². The molecule has 0 amide bonds. The Morgan fingerprint density at radius 2 is 2.15 bits per heavy atom. The number of aliphatic hydroxyl groups is 1. The molecule has 27 heavy (non-hydrogen) atoms. The highest BCUT2D eigenvalue weighted by Crippen LogP contribution is 2.34. The number of aryl methyl sites for hydroxylation is 1. The Bertz CT molecular complexity index is 1080. The Kier molecular flexibility index (Phi) is 4.48. The first-order valence-electron chi connectivity index (χ1n) is 8.48. The molecule has 3 N–H and O–H groups in total. The van der Waals surface area contributed by atoms with Crippen molar-refractivity contribution in [1.82, 2.24) is 24.7 Å². The number of rotatable bonds is 4. The number of hydrogen-bond donors (Lipinski definition) is 2. The fraction of sp³-hybridized carbons (Fsp3) is 0.333. The third kappa shape index (κ3) is 3.02. The molecule has 3 aromatic rings. The van der Waals surface area contributed by atoms with Crippen LogP contribution in [-0.4, -0.2) is 49.3 Å². The molecule has 140 valence electrons. The molecule has 0 bridgehead atoms. The van der Waals surface area contributed by atoms with Crippen LogP contribution in [0.25, 0.3) is 17.1 Å². The van der Waals surface area contributed by atoms with E-state index in [1.165, 1.54) is 11.8 Å². The Morgan fingerprint density at radius 1 is 1.33 bits per heavy atom. The maximum Gasteiger partial charge on any atom is 0.223 e. The highest BCUT2D eigenvalue weighted by Gasteiger charge is 2.22. The second-order valence-corrected chi connectivity index (χ2v) is 7.39. The molecule has 0 aromatic carbocycles. The van der Waals surface area contributed by atoms with Gasteiger partial charge in [-0.3, -0.25) is 4.98 Å². The van der Waals surface area contributed by atoms with Gasteiger partial charge in [0.25, 0.3) is 0 Å². The van der Waals surface area contributed by atoms with Gasteiger partial charge in [-0.25, -0.2) is 9.67 Å². The molecular formula is C18H20N6O2S. The zero-order chi connectivity index (χ0) is 19.1. The number of nitrogen functional groups attached to an aromatic ring is 1. The van der Waals surface area contributed by atoms with E-state index < -0.39 is 0 Å². The van der Waals surface area contributed by atoms with Gasteiger partial charge in [-0.2, -0.15) is 10.1 Å². The lowest BCUT2D eigenvalue weighted by molar-refractivity contribution is 0.333. The van der Waals surface area contributed by atoms with E-state index >= 15 is 0 Å². The molecule has 0 aliphatic carbocycles. The standard InChI is InChI=1S/C18H20N6O2S/c1-9-5-20-13(10(2)15(9)26-3)6-24-16-14-12(23-24)4-11(7-25)8-27-17(14)22-18(19)21-16/h4-5,25H,6-8H2,1-3H3,(H2,19,21,22). The lowest BCUT2D eigenvalue weighted by Gasteiger charge is -2.12. The molecule has 9 heteroatoms. The molecule has 1 aliphatic heterocycles. The van der Waals surface area contributed by atoms with Crippen molar-refractivity contribution >= 4 is 34.8 Å². The Morgan fingerprint density at radius 3 is 2.89 bits per heavy atom. The monoisotopic (exact) mass is 384 g/mol. The fourth-order valence-corrected chi connectivity index (χ4v) is 4.25. The van der Waals surface area contributed by atoms with Crippen molar-refractivity contribution in [2.24, 2.45) is 0 Å². The number of methoxy groups -OCH3 is 1. The summed E-state index contributed by atoms with van der Waals surface area (Å²) in [6.45, 7) is 4.36. The summed E-state index contributed by atoms with van der Waals surface area (Å²) in [5.41, 5.74) is 11.0. The molecule has 0 spiro atoms. The summed E-state index contributed by atoms with van der Waals surface area (Å²) < 4.78 is 7.29. The molecule has 0 fully saturated rings. The number of aromatic nitrogens is 5. The van der Waals surface area contributed by atoms with E-state index in [9.17, 15) is 5.11 Å². The highest BCUT2D eigenvalue weighted by molar-refractivity contribution is 7.99. The van der Waals surface area contributed by atoms with Crippen LogP contribution in [0.2, 0.25) is 0 Å². The van der Waals surface area contributed by atoms with Crippen LogP contribution in [0.1, 0.15) is 22.5 Å². The normalized spacial score (nSPS) is 13.6. The van der Waals surface area contributed by atoms with Crippen molar-refractivity contribution in [2.45, 2.75) is 25.4 Å². The summed E-state index contributed by atoms with van der Waals surface area (Å²) in [7, 11) is 1.66. The van der Waals surface area contributed by atoms with Crippen LogP contribution >= 0.6 is 11.8 Å². The van der Waals surface area contributed by atoms with Crippen molar-refractivity contribution in [1.29, 1.82) is 0 Å². The third-order valence-corrected chi connectivity index (χ3v) is 5.67. The molecule has 1 aliphatic rings. The molecule has 0 unspecified atom stereocenters. The topological polar surface area (TPSA) is 112 Å². The van der Waals surface area contributed by atoms with Gasteiger partial charge in [0.05, 0.1) is 37.0 Å². The van der Waals surface area contributed by atoms with Crippen LogP contribution < -0.4 is 10.5 Å². The molecule has 0 radical (unpaired) electrons. The fourth-order valence-electron chi connectivity index (χ4n) is 3.26. The predicted molar refractivity (Wildman–Crippen MR) is 105 cm³/mol. The second kappa shape index (κ2) is 6.82. The van der Waals surface area contributed by atoms with E-state index in [-0.39, 0.29) is 12.6 Å². The van der Waals surface area contributed by atoms with E-state index in [1.54, 1.807) is 18.0 Å². The number of hydrogen-bond acceptors (Lipinski definition) is 8. The minimum Gasteiger partial charge on any atom is -0.496 e. The van der Waals surface area contributed by atoms with Gasteiger partial charge >= 0.3 is 0 Å². The van der Waals surface area contributed by atoms with Crippen molar-refractivity contribution in [3.05, 3.63) is 34.3 Å². The van der Waals surface area contributed by atoms with E-state index in [2.05, 4.69) is 15.0 Å². The summed E-state index contributed by atoms with van der Waals surface area (Å²) in [4.78, 5) is 13.3. The smallest absolute Gasteiger partial charge is 0.223 e. The van der Waals surface area contributed by atoms with Crippen LogP contribution in [0.4, 0.5) is 5.95 Å². The van der Waals surface area contributed by atoms with Gasteiger partial charge in [-0.15, -0.1) is 11.8 Å². The predicted octanol–water partition coefficient (Wildman–Crippen LogP) is 1.96. The number of anilines is 1. The zero-order valence-electron chi connectivity index (χ0n) is 15.4. The van der Waals surface area contributed by atoms with Crippen molar-refractivity contribution < 1.29 is 9.84 Å². The van der Waals surface area contributed by atoms with E-state index in [0.717, 1.165) is 44.2 Å².